The van der Waals surface area contributed by atoms with Crippen LogP contribution in [0.1, 0.15) is 22.8 Å². The average Bonchev–Trinajstić information content (AvgIpc) is 2.83. The van der Waals surface area contributed by atoms with Crippen LogP contribution in [0.15, 0.2) is 23.1 Å². The van der Waals surface area contributed by atoms with E-state index >= 15 is 0 Å². The molecule has 0 atom stereocenters. The summed E-state index contributed by atoms with van der Waals surface area (Å²) < 4.78 is 28.9. The maximum Gasteiger partial charge on any atom is 0.243 e. The Morgan fingerprint density at radius 2 is 1.81 bits per heavy atom. The second-order valence-electron chi connectivity index (χ2n) is 5.40. The number of sulfonamides is 1. The van der Waals surface area contributed by atoms with Gasteiger partial charge in [0, 0.05) is 13.1 Å². The van der Waals surface area contributed by atoms with E-state index in [1.807, 2.05) is 31.4 Å². The molecular weight excluding hydrogens is 288 g/mol. The highest BCUT2D eigenvalue weighted by atomic mass is 32.2. The molecule has 0 saturated carbocycles. The summed E-state index contributed by atoms with van der Waals surface area (Å²) >= 11 is 0. The molecule has 0 spiro atoms. The molecule has 1 aromatic heterocycles. The van der Waals surface area contributed by atoms with E-state index in [2.05, 4.69) is 10.2 Å². The van der Waals surface area contributed by atoms with Crippen LogP contribution in [0.2, 0.25) is 0 Å². The Labute approximate surface area is 124 Å². The van der Waals surface area contributed by atoms with Crippen molar-refractivity contribution in [3.8, 4) is 0 Å². The topological polar surface area (TPSA) is 68.1 Å². The third kappa shape index (κ3) is 2.36. The summed E-state index contributed by atoms with van der Waals surface area (Å²) in [7, 11) is -3.48. The normalized spacial score (nSPS) is 16.0. The molecule has 21 heavy (non-hydrogen) atoms. The van der Waals surface area contributed by atoms with Gasteiger partial charge in [-0.15, -0.1) is 10.2 Å². The highest BCUT2D eigenvalue weighted by Gasteiger charge is 2.30. The van der Waals surface area contributed by atoms with Crippen LogP contribution in [0.3, 0.4) is 0 Å². The lowest BCUT2D eigenvalue weighted by Gasteiger charge is -2.27. The van der Waals surface area contributed by atoms with Gasteiger partial charge in [0.05, 0.1) is 11.4 Å². The first-order valence-corrected chi connectivity index (χ1v) is 8.29. The van der Waals surface area contributed by atoms with Gasteiger partial charge in [-0.3, -0.25) is 0 Å². The molecule has 112 valence electrons. The molecule has 1 aliphatic heterocycles. The lowest BCUT2D eigenvalue weighted by atomic mass is 10.1. The molecule has 1 aromatic carbocycles. The van der Waals surface area contributed by atoms with Crippen molar-refractivity contribution in [2.45, 2.75) is 38.8 Å². The molecule has 3 rings (SSSR count). The van der Waals surface area contributed by atoms with Gasteiger partial charge in [0.15, 0.2) is 0 Å². The molecular formula is C14H18N4O2S. The van der Waals surface area contributed by atoms with Crippen LogP contribution in [0.4, 0.5) is 0 Å². The largest absolute Gasteiger partial charge is 0.313 e. The number of fused-ring (bicyclic) bond motifs is 1. The second kappa shape index (κ2) is 4.92. The number of benzene rings is 1. The van der Waals surface area contributed by atoms with Crippen LogP contribution >= 0.6 is 0 Å². The van der Waals surface area contributed by atoms with E-state index in [-0.39, 0.29) is 6.54 Å². The summed E-state index contributed by atoms with van der Waals surface area (Å²) in [6, 6.07) is 5.25. The number of nitrogens with zero attached hydrogens (tertiary/aromatic N) is 4. The summed E-state index contributed by atoms with van der Waals surface area (Å²) in [5.74, 6) is 1.53. The first-order chi connectivity index (χ1) is 9.89. The minimum Gasteiger partial charge on any atom is -0.313 e. The van der Waals surface area contributed by atoms with E-state index in [0.717, 1.165) is 17.0 Å². The number of hydrogen-bond donors (Lipinski definition) is 0. The van der Waals surface area contributed by atoms with Gasteiger partial charge in [0.25, 0.3) is 0 Å². The van der Waals surface area contributed by atoms with E-state index in [1.165, 1.54) is 4.31 Å². The zero-order chi connectivity index (χ0) is 15.2. The number of hydrogen-bond acceptors (Lipinski definition) is 4. The quantitative estimate of drug-likeness (QED) is 0.841. The molecule has 0 radical (unpaired) electrons. The maximum absolute atomic E-state index is 12.7. The lowest BCUT2D eigenvalue weighted by molar-refractivity contribution is 0.333. The van der Waals surface area contributed by atoms with Crippen LogP contribution in [0.25, 0.3) is 0 Å². The Bertz CT molecular complexity index is 795. The van der Waals surface area contributed by atoms with Crippen molar-refractivity contribution >= 4 is 10.0 Å². The molecule has 0 bridgehead atoms. The predicted octanol–water partition coefficient (Wildman–Crippen LogP) is 1.41. The van der Waals surface area contributed by atoms with Gasteiger partial charge in [-0.05, 0) is 44.0 Å². The van der Waals surface area contributed by atoms with E-state index in [9.17, 15) is 8.42 Å². The minimum absolute atomic E-state index is 0.274. The molecule has 0 amide bonds. The summed E-state index contributed by atoms with van der Waals surface area (Å²) in [6.45, 7) is 7.09. The van der Waals surface area contributed by atoms with Gasteiger partial charge in [-0.2, -0.15) is 4.31 Å². The van der Waals surface area contributed by atoms with Crippen molar-refractivity contribution in [2.24, 2.45) is 0 Å². The van der Waals surface area contributed by atoms with Gasteiger partial charge < -0.3 is 4.57 Å². The zero-order valence-electron chi connectivity index (χ0n) is 12.4. The van der Waals surface area contributed by atoms with E-state index in [0.29, 0.717) is 23.8 Å². The SMILES string of the molecule is Cc1ccc(S(=O)(=O)N2CCn3c(C)nnc3C2)cc1C. The molecule has 7 heteroatoms. The molecule has 0 unspecified atom stereocenters. The highest BCUT2D eigenvalue weighted by molar-refractivity contribution is 7.89. The molecule has 0 fully saturated rings. The van der Waals surface area contributed by atoms with Crippen molar-refractivity contribution in [1.82, 2.24) is 19.1 Å². The maximum atomic E-state index is 12.7. The Balaban J connectivity index is 1.94. The van der Waals surface area contributed by atoms with Gasteiger partial charge in [-0.1, -0.05) is 6.07 Å². The van der Waals surface area contributed by atoms with E-state index in [1.54, 1.807) is 12.1 Å². The van der Waals surface area contributed by atoms with Gasteiger partial charge in [-0.25, -0.2) is 8.42 Å². The van der Waals surface area contributed by atoms with Crippen LogP contribution in [0, 0.1) is 20.8 Å². The van der Waals surface area contributed by atoms with Crippen molar-refractivity contribution in [3.63, 3.8) is 0 Å². The van der Waals surface area contributed by atoms with Crippen LogP contribution in [-0.4, -0.2) is 34.0 Å². The predicted molar refractivity (Wildman–Crippen MR) is 78.3 cm³/mol. The molecule has 6 nitrogen and oxygen atoms in total. The van der Waals surface area contributed by atoms with E-state index < -0.39 is 10.0 Å². The molecule has 2 heterocycles. The smallest absolute Gasteiger partial charge is 0.243 e. The third-order valence-corrected chi connectivity index (χ3v) is 5.86. The monoisotopic (exact) mass is 306 g/mol. The summed E-state index contributed by atoms with van der Waals surface area (Å²) in [5.41, 5.74) is 2.06. The fraction of sp³-hybridized carbons (Fsp3) is 0.429. The van der Waals surface area contributed by atoms with Crippen molar-refractivity contribution in [1.29, 1.82) is 0 Å². The van der Waals surface area contributed by atoms with Crippen molar-refractivity contribution in [2.75, 3.05) is 6.54 Å². The fourth-order valence-corrected chi connectivity index (χ4v) is 3.98. The molecule has 0 N–H and O–H groups in total. The van der Waals surface area contributed by atoms with Crippen LogP contribution in [-0.2, 0) is 23.1 Å². The second-order valence-corrected chi connectivity index (χ2v) is 7.34. The molecule has 0 saturated heterocycles. The molecule has 0 aliphatic carbocycles. The Kier molecular flexibility index (Phi) is 3.33. The highest BCUT2D eigenvalue weighted by Crippen LogP contribution is 2.23. The third-order valence-electron chi connectivity index (χ3n) is 4.02. The van der Waals surface area contributed by atoms with Crippen LogP contribution < -0.4 is 0 Å². The van der Waals surface area contributed by atoms with Crippen LogP contribution in [0.5, 0.6) is 0 Å². The Hall–Kier alpha value is -1.73. The van der Waals surface area contributed by atoms with Gasteiger partial charge in [0.1, 0.15) is 11.6 Å². The average molecular weight is 306 g/mol. The zero-order valence-corrected chi connectivity index (χ0v) is 13.2. The van der Waals surface area contributed by atoms with Gasteiger partial charge >= 0.3 is 0 Å². The van der Waals surface area contributed by atoms with Crippen molar-refractivity contribution in [3.05, 3.63) is 41.0 Å². The number of aromatic nitrogens is 3. The summed E-state index contributed by atoms with van der Waals surface area (Å²) in [5, 5.41) is 8.06. The Morgan fingerprint density at radius 3 is 2.52 bits per heavy atom. The minimum atomic E-state index is -3.48. The Morgan fingerprint density at radius 1 is 1.05 bits per heavy atom. The number of rotatable bonds is 2. The first-order valence-electron chi connectivity index (χ1n) is 6.85. The summed E-state index contributed by atoms with van der Waals surface area (Å²) in [6.07, 6.45) is 0. The fourth-order valence-electron chi connectivity index (χ4n) is 2.51. The number of aryl methyl sites for hydroxylation is 3. The standard InChI is InChI=1S/C14H18N4O2S/c1-10-4-5-13(8-11(10)2)21(19,20)17-6-7-18-12(3)15-16-14(18)9-17/h4-5,8H,6-7,9H2,1-3H3. The van der Waals surface area contributed by atoms with Crippen molar-refractivity contribution < 1.29 is 8.42 Å². The first kappa shape index (κ1) is 14.2. The summed E-state index contributed by atoms with van der Waals surface area (Å²) in [4.78, 5) is 0.343. The molecule has 2 aromatic rings. The molecule has 1 aliphatic rings. The van der Waals surface area contributed by atoms with E-state index in [4.69, 9.17) is 0 Å². The van der Waals surface area contributed by atoms with Gasteiger partial charge in [0.2, 0.25) is 10.0 Å². The lowest BCUT2D eigenvalue weighted by Crippen LogP contribution is -2.38.